The lowest BCUT2D eigenvalue weighted by atomic mass is 10.1. The minimum Gasteiger partial charge on any atom is -0.380 e. The Morgan fingerprint density at radius 2 is 2.32 bits per heavy atom. The van der Waals surface area contributed by atoms with E-state index in [4.69, 9.17) is 10.5 Å². The van der Waals surface area contributed by atoms with E-state index in [0.29, 0.717) is 13.2 Å². The summed E-state index contributed by atoms with van der Waals surface area (Å²) in [6.07, 6.45) is 2.06. The van der Waals surface area contributed by atoms with Crippen LogP contribution in [0.1, 0.15) is 28.8 Å². The minimum atomic E-state index is 0. The van der Waals surface area contributed by atoms with Gasteiger partial charge in [0.25, 0.3) is 5.91 Å². The standard InChI is InChI=1S/C14H20N2O2.ClH/c1-18-10-11-4-2-5-12(8-11)14(17)16-7-3-6-13(16)9-15;/h2,4-5,8,13H,3,6-7,9-10,15H2,1H3;1H. The van der Waals surface area contributed by atoms with Gasteiger partial charge in [-0.2, -0.15) is 0 Å². The zero-order valence-corrected chi connectivity index (χ0v) is 12.0. The molecule has 1 saturated heterocycles. The van der Waals surface area contributed by atoms with Crippen LogP contribution in [-0.4, -0.2) is 37.0 Å². The van der Waals surface area contributed by atoms with Crippen LogP contribution in [0.15, 0.2) is 24.3 Å². The molecule has 19 heavy (non-hydrogen) atoms. The Bertz CT molecular complexity index is 426. The van der Waals surface area contributed by atoms with Crippen molar-refractivity contribution in [1.82, 2.24) is 4.90 Å². The molecule has 5 heteroatoms. The highest BCUT2D eigenvalue weighted by Gasteiger charge is 2.28. The molecule has 0 spiro atoms. The van der Waals surface area contributed by atoms with Gasteiger partial charge in [-0.25, -0.2) is 0 Å². The Hall–Kier alpha value is -1.10. The fourth-order valence-electron chi connectivity index (χ4n) is 2.47. The zero-order chi connectivity index (χ0) is 13.0. The SMILES string of the molecule is COCc1cccc(C(=O)N2CCCC2CN)c1.Cl. The largest absolute Gasteiger partial charge is 0.380 e. The molecule has 1 aromatic rings. The Morgan fingerprint density at radius 3 is 3.00 bits per heavy atom. The van der Waals surface area contributed by atoms with E-state index in [1.165, 1.54) is 0 Å². The zero-order valence-electron chi connectivity index (χ0n) is 11.2. The lowest BCUT2D eigenvalue weighted by Crippen LogP contribution is -2.39. The van der Waals surface area contributed by atoms with Crippen LogP contribution < -0.4 is 5.73 Å². The molecular formula is C14H21ClN2O2. The molecule has 1 aliphatic rings. The Kier molecular flexibility index (Phi) is 6.28. The second-order valence-corrected chi connectivity index (χ2v) is 4.66. The van der Waals surface area contributed by atoms with E-state index in [-0.39, 0.29) is 24.4 Å². The molecule has 0 bridgehead atoms. The fourth-order valence-corrected chi connectivity index (χ4v) is 2.47. The number of halogens is 1. The average Bonchev–Trinajstić information content (AvgIpc) is 2.87. The van der Waals surface area contributed by atoms with Gasteiger partial charge in [0.05, 0.1) is 6.61 Å². The van der Waals surface area contributed by atoms with Crippen molar-refractivity contribution in [1.29, 1.82) is 0 Å². The van der Waals surface area contributed by atoms with Gasteiger partial charge in [0.2, 0.25) is 0 Å². The number of rotatable bonds is 4. The number of amides is 1. The van der Waals surface area contributed by atoms with E-state index in [1.807, 2.05) is 29.2 Å². The van der Waals surface area contributed by atoms with Crippen LogP contribution in [0.5, 0.6) is 0 Å². The van der Waals surface area contributed by atoms with Crippen LogP contribution >= 0.6 is 12.4 Å². The highest BCUT2D eigenvalue weighted by molar-refractivity contribution is 5.94. The summed E-state index contributed by atoms with van der Waals surface area (Å²) < 4.78 is 5.09. The van der Waals surface area contributed by atoms with Crippen LogP contribution in [0.2, 0.25) is 0 Å². The van der Waals surface area contributed by atoms with Crippen LogP contribution in [0.4, 0.5) is 0 Å². The molecule has 106 valence electrons. The number of carbonyl (C=O) groups is 1. The number of nitrogens with zero attached hydrogens (tertiary/aromatic N) is 1. The molecule has 2 rings (SSSR count). The van der Waals surface area contributed by atoms with E-state index < -0.39 is 0 Å². The smallest absolute Gasteiger partial charge is 0.254 e. The molecule has 0 aromatic heterocycles. The van der Waals surface area contributed by atoms with Gasteiger partial charge in [-0.05, 0) is 30.5 Å². The number of likely N-dealkylation sites (tertiary alicyclic amines) is 1. The molecule has 1 heterocycles. The number of hydrogen-bond donors (Lipinski definition) is 1. The number of benzene rings is 1. The van der Waals surface area contributed by atoms with E-state index in [1.54, 1.807) is 7.11 Å². The first-order valence-corrected chi connectivity index (χ1v) is 6.35. The van der Waals surface area contributed by atoms with Gasteiger partial charge in [-0.1, -0.05) is 12.1 Å². The van der Waals surface area contributed by atoms with Crippen molar-refractivity contribution in [3.05, 3.63) is 35.4 Å². The van der Waals surface area contributed by atoms with E-state index in [9.17, 15) is 4.79 Å². The van der Waals surface area contributed by atoms with Gasteiger partial charge >= 0.3 is 0 Å². The van der Waals surface area contributed by atoms with Gasteiger partial charge in [-0.3, -0.25) is 4.79 Å². The van der Waals surface area contributed by atoms with Crippen LogP contribution in [0.3, 0.4) is 0 Å². The molecule has 1 aromatic carbocycles. The molecule has 1 aliphatic heterocycles. The van der Waals surface area contributed by atoms with Crippen molar-refractivity contribution in [2.45, 2.75) is 25.5 Å². The van der Waals surface area contributed by atoms with Crippen molar-refractivity contribution in [2.75, 3.05) is 20.2 Å². The molecule has 0 radical (unpaired) electrons. The summed E-state index contributed by atoms with van der Waals surface area (Å²) in [6.45, 7) is 1.89. The summed E-state index contributed by atoms with van der Waals surface area (Å²) in [7, 11) is 1.65. The summed E-state index contributed by atoms with van der Waals surface area (Å²) in [4.78, 5) is 14.3. The van der Waals surface area contributed by atoms with Gasteiger partial charge < -0.3 is 15.4 Å². The molecule has 1 fully saturated rings. The van der Waals surface area contributed by atoms with Gasteiger partial charge in [-0.15, -0.1) is 12.4 Å². The highest BCUT2D eigenvalue weighted by atomic mass is 35.5. The first kappa shape index (κ1) is 16.0. The normalized spacial score (nSPS) is 18.2. The Labute approximate surface area is 120 Å². The quantitative estimate of drug-likeness (QED) is 0.917. The van der Waals surface area contributed by atoms with Crippen molar-refractivity contribution >= 4 is 18.3 Å². The molecular weight excluding hydrogens is 264 g/mol. The second-order valence-electron chi connectivity index (χ2n) is 4.66. The van der Waals surface area contributed by atoms with Gasteiger partial charge in [0.15, 0.2) is 0 Å². The maximum absolute atomic E-state index is 12.4. The van der Waals surface area contributed by atoms with Crippen molar-refractivity contribution in [3.63, 3.8) is 0 Å². The van der Waals surface area contributed by atoms with Crippen LogP contribution in [0, 0.1) is 0 Å². The third-order valence-electron chi connectivity index (χ3n) is 3.40. The van der Waals surface area contributed by atoms with Crippen molar-refractivity contribution < 1.29 is 9.53 Å². The summed E-state index contributed by atoms with van der Waals surface area (Å²) in [5.74, 6) is 0.0842. The number of hydrogen-bond acceptors (Lipinski definition) is 3. The highest BCUT2D eigenvalue weighted by Crippen LogP contribution is 2.19. The summed E-state index contributed by atoms with van der Waals surface area (Å²) in [6, 6.07) is 7.81. The number of ether oxygens (including phenoxy) is 1. The molecule has 4 nitrogen and oxygen atoms in total. The summed E-state index contributed by atoms with van der Waals surface area (Å²) in [5.41, 5.74) is 7.45. The first-order valence-electron chi connectivity index (χ1n) is 6.35. The first-order chi connectivity index (χ1) is 8.76. The lowest BCUT2D eigenvalue weighted by Gasteiger charge is -2.23. The molecule has 1 unspecified atom stereocenters. The molecule has 0 saturated carbocycles. The summed E-state index contributed by atoms with van der Waals surface area (Å²) >= 11 is 0. The predicted molar refractivity (Wildman–Crippen MR) is 77.5 cm³/mol. The molecule has 1 amide bonds. The van der Waals surface area contributed by atoms with Crippen molar-refractivity contribution in [3.8, 4) is 0 Å². The second kappa shape index (κ2) is 7.48. The fraction of sp³-hybridized carbons (Fsp3) is 0.500. The maximum atomic E-state index is 12.4. The van der Waals surface area contributed by atoms with Crippen LogP contribution in [0.25, 0.3) is 0 Å². The Balaban J connectivity index is 0.00000180. The number of methoxy groups -OCH3 is 1. The number of nitrogens with two attached hydrogens (primary N) is 1. The van der Waals surface area contributed by atoms with E-state index >= 15 is 0 Å². The lowest BCUT2D eigenvalue weighted by molar-refractivity contribution is 0.0741. The maximum Gasteiger partial charge on any atom is 0.254 e. The van der Waals surface area contributed by atoms with Gasteiger partial charge in [0, 0.05) is 31.8 Å². The number of carbonyl (C=O) groups excluding carboxylic acids is 1. The van der Waals surface area contributed by atoms with Crippen LogP contribution in [-0.2, 0) is 11.3 Å². The molecule has 2 N–H and O–H groups in total. The van der Waals surface area contributed by atoms with Gasteiger partial charge in [0.1, 0.15) is 0 Å². The minimum absolute atomic E-state index is 0. The third kappa shape index (κ3) is 3.69. The monoisotopic (exact) mass is 284 g/mol. The molecule has 0 aliphatic carbocycles. The average molecular weight is 285 g/mol. The van der Waals surface area contributed by atoms with E-state index in [0.717, 1.165) is 30.5 Å². The third-order valence-corrected chi connectivity index (χ3v) is 3.40. The Morgan fingerprint density at radius 1 is 1.53 bits per heavy atom. The topological polar surface area (TPSA) is 55.6 Å². The predicted octanol–water partition coefficient (Wildman–Crippen LogP) is 1.82. The summed E-state index contributed by atoms with van der Waals surface area (Å²) in [5, 5.41) is 0. The van der Waals surface area contributed by atoms with Crippen molar-refractivity contribution in [2.24, 2.45) is 5.73 Å². The molecule has 1 atom stereocenters. The van der Waals surface area contributed by atoms with E-state index in [2.05, 4.69) is 0 Å².